The molecule has 0 unspecified atom stereocenters. The van der Waals surface area contributed by atoms with Crippen LogP contribution in [0.4, 0.5) is 0 Å². The van der Waals surface area contributed by atoms with Gasteiger partial charge in [-0.15, -0.1) is 11.6 Å². The Kier molecular flexibility index (Phi) is 5.18. The maximum Gasteiger partial charge on any atom is 0.251 e. The lowest BCUT2D eigenvalue weighted by atomic mass is 9.88. The maximum atomic E-state index is 12.3. The van der Waals surface area contributed by atoms with E-state index in [2.05, 4.69) is 24.1 Å². The van der Waals surface area contributed by atoms with Gasteiger partial charge in [0.1, 0.15) is 0 Å². The van der Waals surface area contributed by atoms with Crippen LogP contribution in [-0.4, -0.2) is 23.3 Å². The number of nitrogens with zero attached hydrogens (tertiary/aromatic N) is 1. The lowest BCUT2D eigenvalue weighted by Gasteiger charge is -2.24. The summed E-state index contributed by atoms with van der Waals surface area (Å²) in [5.74, 6) is 0.620. The number of nitrogens with one attached hydrogen (secondary N) is 1. The lowest BCUT2D eigenvalue weighted by Crippen LogP contribution is -2.34. The standard InChI is InChI=1S/C17H21ClN2O/c1-17(2,8-4-9-18)12-20-16(21)14-6-7-15-13(11-14)5-3-10-19-15/h3,5-7,10-11H,4,8-9,12H2,1-2H3,(H,20,21). The van der Waals surface area contributed by atoms with E-state index in [1.165, 1.54) is 0 Å². The van der Waals surface area contributed by atoms with Gasteiger partial charge in [0.15, 0.2) is 0 Å². The summed E-state index contributed by atoms with van der Waals surface area (Å²) in [4.78, 5) is 16.5. The highest BCUT2D eigenvalue weighted by atomic mass is 35.5. The van der Waals surface area contributed by atoms with E-state index in [4.69, 9.17) is 11.6 Å². The topological polar surface area (TPSA) is 42.0 Å². The third-order valence-corrected chi connectivity index (χ3v) is 3.85. The number of rotatable bonds is 6. The van der Waals surface area contributed by atoms with Crippen molar-refractivity contribution >= 4 is 28.4 Å². The van der Waals surface area contributed by atoms with Crippen LogP contribution in [0.2, 0.25) is 0 Å². The molecule has 1 N–H and O–H groups in total. The van der Waals surface area contributed by atoms with E-state index in [1.807, 2.05) is 30.3 Å². The molecule has 112 valence electrons. The van der Waals surface area contributed by atoms with Crippen molar-refractivity contribution in [3.8, 4) is 0 Å². The van der Waals surface area contributed by atoms with E-state index in [0.717, 1.165) is 23.7 Å². The number of aromatic nitrogens is 1. The summed E-state index contributed by atoms with van der Waals surface area (Å²) < 4.78 is 0. The molecule has 0 radical (unpaired) electrons. The highest BCUT2D eigenvalue weighted by Gasteiger charge is 2.18. The number of pyridine rings is 1. The molecule has 3 nitrogen and oxygen atoms in total. The molecule has 0 spiro atoms. The van der Waals surface area contributed by atoms with Crippen molar-refractivity contribution in [3.05, 3.63) is 42.1 Å². The zero-order valence-corrected chi connectivity index (χ0v) is 13.3. The Bertz CT molecular complexity index is 625. The largest absolute Gasteiger partial charge is 0.352 e. The molecule has 0 fully saturated rings. The number of hydrogen-bond donors (Lipinski definition) is 1. The van der Waals surface area contributed by atoms with Gasteiger partial charge in [0.2, 0.25) is 0 Å². The Morgan fingerprint density at radius 3 is 2.90 bits per heavy atom. The molecule has 21 heavy (non-hydrogen) atoms. The van der Waals surface area contributed by atoms with Crippen LogP contribution in [0, 0.1) is 5.41 Å². The molecule has 4 heteroatoms. The van der Waals surface area contributed by atoms with Crippen molar-refractivity contribution in [2.24, 2.45) is 5.41 Å². The van der Waals surface area contributed by atoms with Crippen LogP contribution in [-0.2, 0) is 0 Å². The first-order valence-corrected chi connectivity index (χ1v) is 7.74. The first-order chi connectivity index (χ1) is 10.0. The molecule has 2 rings (SSSR count). The fourth-order valence-electron chi connectivity index (χ4n) is 2.27. The van der Waals surface area contributed by atoms with Crippen LogP contribution in [0.15, 0.2) is 36.5 Å². The number of fused-ring (bicyclic) bond motifs is 1. The van der Waals surface area contributed by atoms with E-state index in [9.17, 15) is 4.79 Å². The molecule has 2 aromatic rings. The highest BCUT2D eigenvalue weighted by molar-refractivity contribution is 6.17. The monoisotopic (exact) mass is 304 g/mol. The molecule has 1 aromatic heterocycles. The van der Waals surface area contributed by atoms with Crippen molar-refractivity contribution in [2.45, 2.75) is 26.7 Å². The van der Waals surface area contributed by atoms with Crippen LogP contribution >= 0.6 is 11.6 Å². The number of carbonyl (C=O) groups excluding carboxylic acids is 1. The number of hydrogen-bond acceptors (Lipinski definition) is 2. The first kappa shape index (κ1) is 15.8. The third kappa shape index (κ3) is 4.43. The second kappa shape index (κ2) is 6.90. The summed E-state index contributed by atoms with van der Waals surface area (Å²) in [6, 6.07) is 9.41. The molecule has 1 aromatic carbocycles. The number of alkyl halides is 1. The molecular weight excluding hydrogens is 284 g/mol. The van der Waals surface area contributed by atoms with E-state index < -0.39 is 0 Å². The van der Waals surface area contributed by atoms with Crippen LogP contribution in [0.25, 0.3) is 10.9 Å². The molecule has 1 heterocycles. The Morgan fingerprint density at radius 1 is 1.33 bits per heavy atom. The van der Waals surface area contributed by atoms with Crippen molar-refractivity contribution in [1.29, 1.82) is 0 Å². The number of halogens is 1. The maximum absolute atomic E-state index is 12.3. The van der Waals surface area contributed by atoms with Crippen molar-refractivity contribution in [3.63, 3.8) is 0 Å². The van der Waals surface area contributed by atoms with Crippen molar-refractivity contribution in [1.82, 2.24) is 10.3 Å². The minimum atomic E-state index is -0.0419. The summed E-state index contributed by atoms with van der Waals surface area (Å²) in [6.45, 7) is 4.93. The molecule has 0 atom stereocenters. The molecule has 0 aliphatic heterocycles. The Morgan fingerprint density at radius 2 is 2.14 bits per heavy atom. The third-order valence-electron chi connectivity index (χ3n) is 3.58. The molecular formula is C17H21ClN2O. The second-order valence-electron chi connectivity index (χ2n) is 6.05. The van der Waals surface area contributed by atoms with Gasteiger partial charge in [0.05, 0.1) is 5.52 Å². The van der Waals surface area contributed by atoms with Gasteiger partial charge in [0, 0.05) is 29.6 Å². The Labute approximate surface area is 130 Å². The predicted molar refractivity (Wildman–Crippen MR) is 87.8 cm³/mol. The van der Waals surface area contributed by atoms with Crippen molar-refractivity contribution in [2.75, 3.05) is 12.4 Å². The van der Waals surface area contributed by atoms with Crippen LogP contribution in [0.1, 0.15) is 37.0 Å². The summed E-state index contributed by atoms with van der Waals surface area (Å²) in [7, 11) is 0. The van der Waals surface area contributed by atoms with E-state index in [1.54, 1.807) is 6.20 Å². The molecule has 0 bridgehead atoms. The van der Waals surface area contributed by atoms with Gasteiger partial charge in [-0.2, -0.15) is 0 Å². The zero-order valence-electron chi connectivity index (χ0n) is 12.5. The number of benzene rings is 1. The summed E-state index contributed by atoms with van der Waals surface area (Å²) >= 11 is 5.73. The average Bonchev–Trinajstić information content (AvgIpc) is 2.50. The van der Waals surface area contributed by atoms with Gasteiger partial charge < -0.3 is 5.32 Å². The fourth-order valence-corrected chi connectivity index (χ4v) is 2.41. The normalized spacial score (nSPS) is 11.6. The van der Waals surface area contributed by atoms with Gasteiger partial charge >= 0.3 is 0 Å². The molecule has 1 amide bonds. The first-order valence-electron chi connectivity index (χ1n) is 7.21. The van der Waals surface area contributed by atoms with Gasteiger partial charge in [0.25, 0.3) is 5.91 Å². The highest BCUT2D eigenvalue weighted by Crippen LogP contribution is 2.21. The Balaban J connectivity index is 2.02. The van der Waals surface area contributed by atoms with E-state index >= 15 is 0 Å². The second-order valence-corrected chi connectivity index (χ2v) is 6.43. The van der Waals surface area contributed by atoms with Crippen molar-refractivity contribution < 1.29 is 4.79 Å². The molecule has 0 saturated carbocycles. The summed E-state index contributed by atoms with van der Waals surface area (Å²) in [6.07, 6.45) is 3.71. The zero-order chi connectivity index (χ0) is 15.3. The smallest absolute Gasteiger partial charge is 0.251 e. The molecule has 0 aliphatic carbocycles. The van der Waals surface area contributed by atoms with Crippen LogP contribution in [0.3, 0.4) is 0 Å². The lowest BCUT2D eigenvalue weighted by molar-refractivity contribution is 0.0934. The van der Waals surface area contributed by atoms with Crippen LogP contribution in [0.5, 0.6) is 0 Å². The van der Waals surface area contributed by atoms with E-state index in [-0.39, 0.29) is 11.3 Å². The van der Waals surface area contributed by atoms with Gasteiger partial charge in [-0.3, -0.25) is 9.78 Å². The average molecular weight is 305 g/mol. The number of carbonyl (C=O) groups is 1. The fraction of sp³-hybridized carbons (Fsp3) is 0.412. The SMILES string of the molecule is CC(C)(CCCCl)CNC(=O)c1ccc2ncccc2c1. The van der Waals surface area contributed by atoms with Gasteiger partial charge in [-0.1, -0.05) is 19.9 Å². The quantitative estimate of drug-likeness (QED) is 0.819. The Hall–Kier alpha value is -1.61. The number of amides is 1. The minimum Gasteiger partial charge on any atom is -0.352 e. The molecule has 0 aliphatic rings. The van der Waals surface area contributed by atoms with Gasteiger partial charge in [-0.05, 0) is 42.5 Å². The predicted octanol–water partition coefficient (Wildman–Crippen LogP) is 4.01. The van der Waals surface area contributed by atoms with Gasteiger partial charge in [-0.25, -0.2) is 0 Å². The summed E-state index contributed by atoms with van der Waals surface area (Å²) in [5, 5.41) is 3.99. The minimum absolute atomic E-state index is 0.0419. The summed E-state index contributed by atoms with van der Waals surface area (Å²) in [5.41, 5.74) is 1.63. The van der Waals surface area contributed by atoms with Crippen LogP contribution < -0.4 is 5.32 Å². The molecule has 0 saturated heterocycles. The van der Waals surface area contributed by atoms with E-state index in [0.29, 0.717) is 18.0 Å².